The first-order valence-corrected chi connectivity index (χ1v) is 17.0. The van der Waals surface area contributed by atoms with E-state index < -0.39 is 53.7 Å². The lowest BCUT2D eigenvalue weighted by molar-refractivity contribution is -0.145. The maximum Gasteiger partial charge on any atom is 0.407 e. The van der Waals surface area contributed by atoms with Crippen LogP contribution < -0.4 is 16.0 Å². The lowest BCUT2D eigenvalue weighted by Gasteiger charge is -2.33. The van der Waals surface area contributed by atoms with Gasteiger partial charge >= 0.3 is 12.1 Å². The number of benzene rings is 1. The highest BCUT2D eigenvalue weighted by Gasteiger charge is 2.36. The molecule has 1 aromatic carbocycles. The predicted molar refractivity (Wildman–Crippen MR) is 179 cm³/mol. The number of carbonyl (C=O) groups is 4. The molecule has 0 bridgehead atoms. The van der Waals surface area contributed by atoms with Gasteiger partial charge in [0.15, 0.2) is 0 Å². The quantitative estimate of drug-likeness (QED) is 0.179. The molecule has 1 saturated carbocycles. The molecule has 1 aliphatic rings. The smallest absolute Gasteiger partial charge is 0.407 e. The molecule has 0 unspecified atom stereocenters. The van der Waals surface area contributed by atoms with E-state index in [2.05, 4.69) is 16.0 Å². The molecule has 2 rings (SSSR count). The number of carbonyl (C=O) groups excluding carboxylic acids is 4. The van der Waals surface area contributed by atoms with Gasteiger partial charge in [-0.2, -0.15) is 0 Å². The number of methoxy groups -OCH3 is 1. The molecule has 4 N–H and O–H groups in total. The van der Waals surface area contributed by atoms with Crippen LogP contribution in [0.1, 0.15) is 105 Å². The maximum atomic E-state index is 13.8. The summed E-state index contributed by atoms with van der Waals surface area (Å²) in [5.41, 5.74) is 0.170. The van der Waals surface area contributed by atoms with Gasteiger partial charge in [-0.3, -0.25) is 9.59 Å². The Morgan fingerprint density at radius 3 is 2.11 bits per heavy atom. The highest BCUT2D eigenvalue weighted by molar-refractivity contribution is 5.91. The summed E-state index contributed by atoms with van der Waals surface area (Å²) in [4.78, 5) is 52.9. The van der Waals surface area contributed by atoms with Gasteiger partial charge in [-0.1, -0.05) is 96.6 Å². The predicted octanol–water partition coefficient (Wildman–Crippen LogP) is 5.30. The number of hydrogen-bond donors (Lipinski definition) is 4. The van der Waals surface area contributed by atoms with Crippen molar-refractivity contribution in [2.75, 3.05) is 7.11 Å². The highest BCUT2D eigenvalue weighted by atomic mass is 16.6. The summed E-state index contributed by atoms with van der Waals surface area (Å²) >= 11 is 0. The molecule has 1 aromatic rings. The van der Waals surface area contributed by atoms with Gasteiger partial charge in [-0.05, 0) is 56.9 Å². The third-order valence-electron chi connectivity index (χ3n) is 8.99. The van der Waals surface area contributed by atoms with E-state index in [1.54, 1.807) is 20.8 Å². The molecule has 0 aliphatic heterocycles. The van der Waals surface area contributed by atoms with Crippen molar-refractivity contribution in [3.05, 3.63) is 35.9 Å². The van der Waals surface area contributed by atoms with E-state index in [0.717, 1.165) is 31.2 Å². The van der Waals surface area contributed by atoms with Gasteiger partial charge in [-0.15, -0.1) is 0 Å². The minimum absolute atomic E-state index is 0.102. The van der Waals surface area contributed by atoms with E-state index in [1.165, 1.54) is 13.5 Å². The van der Waals surface area contributed by atoms with E-state index in [1.807, 2.05) is 58.0 Å². The first-order chi connectivity index (χ1) is 21.6. The fourth-order valence-electron chi connectivity index (χ4n) is 6.07. The molecule has 10 nitrogen and oxygen atoms in total. The highest BCUT2D eigenvalue weighted by Crippen LogP contribution is 2.30. The lowest BCUT2D eigenvalue weighted by Crippen LogP contribution is -2.56. The van der Waals surface area contributed by atoms with Crippen LogP contribution in [0.2, 0.25) is 0 Å². The second-order valence-corrected chi connectivity index (χ2v) is 14.3. The van der Waals surface area contributed by atoms with Crippen LogP contribution in [0, 0.1) is 23.7 Å². The first-order valence-electron chi connectivity index (χ1n) is 17.0. The first kappa shape index (κ1) is 39.0. The number of aliphatic hydroxyl groups is 1. The number of amides is 3. The minimum Gasteiger partial charge on any atom is -0.467 e. The average Bonchev–Trinajstić information content (AvgIpc) is 3.00. The fourth-order valence-corrected chi connectivity index (χ4v) is 6.07. The van der Waals surface area contributed by atoms with E-state index in [0.29, 0.717) is 18.8 Å². The lowest BCUT2D eigenvalue weighted by atomic mass is 9.81. The number of rotatable bonds is 16. The third-order valence-corrected chi connectivity index (χ3v) is 8.99. The zero-order chi connectivity index (χ0) is 34.4. The van der Waals surface area contributed by atoms with Crippen molar-refractivity contribution in [3.63, 3.8) is 0 Å². The summed E-state index contributed by atoms with van der Waals surface area (Å²) in [5, 5.41) is 20.2. The Hall–Kier alpha value is -3.14. The molecule has 260 valence electrons. The number of aliphatic hydroxyl groups excluding tert-OH is 1. The van der Waals surface area contributed by atoms with Crippen molar-refractivity contribution in [2.24, 2.45) is 23.7 Å². The average molecular weight is 646 g/mol. The van der Waals surface area contributed by atoms with Crippen molar-refractivity contribution in [1.29, 1.82) is 0 Å². The van der Waals surface area contributed by atoms with Crippen molar-refractivity contribution >= 4 is 23.9 Å². The Kier molecular flexibility index (Phi) is 16.0. The van der Waals surface area contributed by atoms with Gasteiger partial charge in [-0.25, -0.2) is 9.59 Å². The Morgan fingerprint density at radius 1 is 0.935 bits per heavy atom. The van der Waals surface area contributed by atoms with Crippen LogP contribution in [0.5, 0.6) is 0 Å². The molecular weight excluding hydrogens is 586 g/mol. The second kappa shape index (κ2) is 18.9. The van der Waals surface area contributed by atoms with Crippen LogP contribution in [0.15, 0.2) is 30.3 Å². The summed E-state index contributed by atoms with van der Waals surface area (Å²) in [5.74, 6) is -2.07. The monoisotopic (exact) mass is 645 g/mol. The molecule has 3 amide bonds. The molecule has 10 heteroatoms. The number of alkyl carbamates (subject to hydrolysis) is 1. The van der Waals surface area contributed by atoms with Crippen LogP contribution in [-0.2, 0) is 30.3 Å². The van der Waals surface area contributed by atoms with Gasteiger partial charge in [0.2, 0.25) is 11.8 Å². The molecule has 46 heavy (non-hydrogen) atoms. The topological polar surface area (TPSA) is 143 Å². The Balaban J connectivity index is 2.21. The molecule has 0 heterocycles. The molecule has 1 fully saturated rings. The minimum atomic E-state index is -1.00. The largest absolute Gasteiger partial charge is 0.467 e. The van der Waals surface area contributed by atoms with Crippen LogP contribution in [-0.4, -0.2) is 65.9 Å². The Labute approximate surface area is 276 Å². The summed E-state index contributed by atoms with van der Waals surface area (Å²) < 4.78 is 10.5. The number of nitrogens with one attached hydrogen (secondary N) is 3. The van der Waals surface area contributed by atoms with Crippen LogP contribution in [0.25, 0.3) is 0 Å². The van der Waals surface area contributed by atoms with E-state index in [4.69, 9.17) is 9.47 Å². The van der Waals surface area contributed by atoms with Crippen molar-refractivity contribution in [1.82, 2.24) is 16.0 Å². The molecule has 0 saturated heterocycles. The fraction of sp³-hybridized carbons (Fsp3) is 0.722. The van der Waals surface area contributed by atoms with Gasteiger partial charge in [0, 0.05) is 12.3 Å². The summed E-state index contributed by atoms with van der Waals surface area (Å²) in [6.07, 6.45) is 5.47. The van der Waals surface area contributed by atoms with E-state index >= 15 is 0 Å². The summed E-state index contributed by atoms with van der Waals surface area (Å²) in [6, 6.07) is 6.91. The van der Waals surface area contributed by atoms with Crippen molar-refractivity contribution in [2.45, 2.75) is 136 Å². The number of hydrogen-bond acceptors (Lipinski definition) is 7. The zero-order valence-corrected chi connectivity index (χ0v) is 29.3. The molecule has 1 aliphatic carbocycles. The normalized spacial score (nSPS) is 18.0. The molecule has 6 atom stereocenters. The van der Waals surface area contributed by atoms with Crippen LogP contribution in [0.3, 0.4) is 0 Å². The third kappa shape index (κ3) is 13.3. The molecule has 0 radical (unpaired) electrons. The van der Waals surface area contributed by atoms with Crippen LogP contribution in [0.4, 0.5) is 4.79 Å². The Bertz CT molecular complexity index is 1100. The maximum absolute atomic E-state index is 13.8. The van der Waals surface area contributed by atoms with E-state index in [-0.39, 0.29) is 30.6 Å². The Morgan fingerprint density at radius 2 is 1.57 bits per heavy atom. The SMILES string of the molecule is CC[C@H](C)[C@H](NC(=O)[C@H](C[C@H](O)[C@H](CC1CCCCC1)NC(=O)OC(C)(C)C)C(C)C)C(=O)N[C@@H](Cc1ccccc1)C(=O)OC. The summed E-state index contributed by atoms with van der Waals surface area (Å²) in [7, 11) is 1.28. The van der Waals surface area contributed by atoms with Crippen molar-refractivity contribution < 1.29 is 33.8 Å². The van der Waals surface area contributed by atoms with Gasteiger partial charge < -0.3 is 30.5 Å². The van der Waals surface area contributed by atoms with Gasteiger partial charge in [0.25, 0.3) is 0 Å². The zero-order valence-electron chi connectivity index (χ0n) is 29.3. The molecule has 0 aromatic heterocycles. The van der Waals surface area contributed by atoms with Crippen LogP contribution >= 0.6 is 0 Å². The number of ether oxygens (including phenoxy) is 2. The molecule has 0 spiro atoms. The van der Waals surface area contributed by atoms with E-state index in [9.17, 15) is 24.3 Å². The second-order valence-electron chi connectivity index (χ2n) is 14.3. The van der Waals surface area contributed by atoms with Gasteiger partial charge in [0.05, 0.1) is 19.3 Å². The number of esters is 1. The molecular formula is C36H59N3O7. The van der Waals surface area contributed by atoms with Gasteiger partial charge in [0.1, 0.15) is 17.7 Å². The standard InChI is InChI=1S/C36H59N3O7/c1-9-24(4)31(33(42)37-29(34(43)45-8)21-26-18-14-11-15-19-26)39-32(41)27(23(2)3)22-30(40)28(20-25-16-12-10-13-17-25)38-35(44)46-36(5,6)7/h11,14-15,18-19,23-25,27-31,40H,9-10,12-13,16-17,20-22H2,1-8H3,(H,37,42)(H,38,44)(H,39,41)/t24-,27+,28-,29-,30-,31-/m0/s1. The van der Waals surface area contributed by atoms with Crippen molar-refractivity contribution in [3.8, 4) is 0 Å². The summed E-state index contributed by atoms with van der Waals surface area (Å²) in [6.45, 7) is 13.0.